The van der Waals surface area contributed by atoms with Crippen molar-refractivity contribution >= 4 is 56.3 Å². The number of likely N-dealkylation sites (tertiary alicyclic amines) is 1. The van der Waals surface area contributed by atoms with Crippen LogP contribution < -0.4 is 20.1 Å². The quantitative estimate of drug-likeness (QED) is 0.208. The summed E-state index contributed by atoms with van der Waals surface area (Å²) in [5.74, 6) is -2.03. The molecule has 13 nitrogen and oxygen atoms in total. The normalized spacial score (nSPS) is 25.4. The van der Waals surface area contributed by atoms with E-state index in [0.717, 1.165) is 32.1 Å². The second-order valence-corrected chi connectivity index (χ2v) is 18.9. The SMILES string of the molecule is C=C[C@@H]1C[C@]1(NC(=O)[C@@H]1C[C@@H](Oc2ccnc3cc(Cl)ccc23)CN1C(=O)[C@@H](NC(=O)OC1CCCC1)C(C)(C)C)C(=O)NS(=O)(=O)C1(CCCC)CC1. The van der Waals surface area contributed by atoms with E-state index >= 15 is 0 Å². The number of carbonyl (C=O) groups is 4. The van der Waals surface area contributed by atoms with Crippen LogP contribution in [0.2, 0.25) is 5.02 Å². The van der Waals surface area contributed by atoms with Crippen LogP contribution in [0.4, 0.5) is 4.79 Å². The molecule has 1 aromatic heterocycles. The van der Waals surface area contributed by atoms with Crippen molar-refractivity contribution in [2.45, 2.75) is 133 Å². The first-order chi connectivity index (χ1) is 25.5. The van der Waals surface area contributed by atoms with Gasteiger partial charge < -0.3 is 25.0 Å². The summed E-state index contributed by atoms with van der Waals surface area (Å²) in [5.41, 5.74) is -1.75. The number of carbonyl (C=O) groups excluding carboxylic acids is 4. The van der Waals surface area contributed by atoms with Gasteiger partial charge in [0, 0.05) is 28.9 Å². The van der Waals surface area contributed by atoms with Gasteiger partial charge in [0.25, 0.3) is 5.91 Å². The van der Waals surface area contributed by atoms with Gasteiger partial charge in [0.1, 0.15) is 35.6 Å². The minimum atomic E-state index is -4.02. The average molecular weight is 786 g/mol. The zero-order valence-corrected chi connectivity index (χ0v) is 33.1. The van der Waals surface area contributed by atoms with Crippen LogP contribution in [-0.2, 0) is 29.1 Å². The molecule has 54 heavy (non-hydrogen) atoms. The number of nitrogens with zero attached hydrogens (tertiary/aromatic N) is 2. The van der Waals surface area contributed by atoms with Gasteiger partial charge in [0.2, 0.25) is 21.8 Å². The smallest absolute Gasteiger partial charge is 0.408 e. The lowest BCUT2D eigenvalue weighted by Gasteiger charge is -2.35. The lowest BCUT2D eigenvalue weighted by molar-refractivity contribution is -0.143. The first-order valence-corrected chi connectivity index (χ1v) is 20.9. The van der Waals surface area contributed by atoms with Crippen molar-refractivity contribution in [1.29, 1.82) is 0 Å². The number of halogens is 1. The second kappa shape index (κ2) is 15.3. The molecule has 294 valence electrons. The third-order valence-corrected chi connectivity index (χ3v) is 13.8. The Labute approximate surface area is 322 Å². The Bertz CT molecular complexity index is 1910. The van der Waals surface area contributed by atoms with Gasteiger partial charge >= 0.3 is 6.09 Å². The molecule has 2 heterocycles. The summed E-state index contributed by atoms with van der Waals surface area (Å²) in [5, 5.41) is 6.82. The van der Waals surface area contributed by atoms with Gasteiger partial charge in [-0.15, -0.1) is 6.58 Å². The summed E-state index contributed by atoms with van der Waals surface area (Å²) in [7, 11) is -4.02. The average Bonchev–Trinajstić information content (AvgIpc) is 3.94. The second-order valence-electron chi connectivity index (χ2n) is 16.4. The van der Waals surface area contributed by atoms with Crippen molar-refractivity contribution in [2.24, 2.45) is 11.3 Å². The number of rotatable bonds is 14. The largest absolute Gasteiger partial charge is 0.488 e. The van der Waals surface area contributed by atoms with E-state index in [1.165, 1.54) is 11.0 Å². The minimum Gasteiger partial charge on any atom is -0.488 e. The molecule has 4 fully saturated rings. The van der Waals surface area contributed by atoms with E-state index in [-0.39, 0.29) is 25.5 Å². The summed E-state index contributed by atoms with van der Waals surface area (Å²) in [6, 6.07) is 4.69. The number of sulfonamides is 1. The highest BCUT2D eigenvalue weighted by molar-refractivity contribution is 7.91. The molecule has 0 radical (unpaired) electrons. The predicted molar refractivity (Wildman–Crippen MR) is 204 cm³/mol. The molecule has 0 bridgehead atoms. The van der Waals surface area contributed by atoms with Crippen LogP contribution in [0.1, 0.15) is 98.3 Å². The number of alkyl carbamates (subject to hydrolysis) is 1. The number of hydrogen-bond acceptors (Lipinski definition) is 9. The summed E-state index contributed by atoms with van der Waals surface area (Å²) in [4.78, 5) is 61.7. The molecule has 4 amide bonds. The Morgan fingerprint density at radius 2 is 1.85 bits per heavy atom. The van der Waals surface area contributed by atoms with Crippen LogP contribution >= 0.6 is 11.6 Å². The van der Waals surface area contributed by atoms with Crippen LogP contribution in [-0.4, -0.2) is 83.2 Å². The molecule has 1 aromatic carbocycles. The monoisotopic (exact) mass is 785 g/mol. The maximum absolute atomic E-state index is 14.6. The predicted octanol–water partition coefficient (Wildman–Crippen LogP) is 5.55. The van der Waals surface area contributed by atoms with Crippen molar-refractivity contribution in [1.82, 2.24) is 25.2 Å². The van der Waals surface area contributed by atoms with Gasteiger partial charge in [0.15, 0.2) is 0 Å². The van der Waals surface area contributed by atoms with E-state index in [2.05, 4.69) is 26.9 Å². The highest BCUT2D eigenvalue weighted by Crippen LogP contribution is 2.49. The number of nitrogens with one attached hydrogen (secondary N) is 3. The highest BCUT2D eigenvalue weighted by Gasteiger charge is 2.63. The molecular formula is C39H52ClN5O8S. The molecule has 5 atom stereocenters. The van der Waals surface area contributed by atoms with Gasteiger partial charge in [-0.25, -0.2) is 13.2 Å². The van der Waals surface area contributed by atoms with Crippen LogP contribution in [0, 0.1) is 11.3 Å². The van der Waals surface area contributed by atoms with E-state index in [1.807, 2.05) is 27.7 Å². The Balaban J connectivity index is 1.26. The van der Waals surface area contributed by atoms with Crippen molar-refractivity contribution in [2.75, 3.05) is 6.54 Å². The molecular weight excluding hydrogens is 734 g/mol. The lowest BCUT2D eigenvalue weighted by atomic mass is 9.85. The molecule has 6 rings (SSSR count). The van der Waals surface area contributed by atoms with Crippen molar-refractivity contribution in [3.63, 3.8) is 0 Å². The summed E-state index contributed by atoms with van der Waals surface area (Å²) >= 11 is 6.20. The summed E-state index contributed by atoms with van der Waals surface area (Å²) in [6.45, 7) is 11.2. The number of benzene rings is 1. The molecule has 1 saturated heterocycles. The van der Waals surface area contributed by atoms with Crippen LogP contribution in [0.5, 0.6) is 5.75 Å². The third kappa shape index (κ3) is 8.19. The van der Waals surface area contributed by atoms with Crippen molar-refractivity contribution < 1.29 is 37.1 Å². The number of hydrogen-bond donors (Lipinski definition) is 3. The summed E-state index contributed by atoms with van der Waals surface area (Å²) in [6.07, 6.45) is 8.06. The Morgan fingerprint density at radius 1 is 1.13 bits per heavy atom. The topological polar surface area (TPSA) is 173 Å². The number of pyridine rings is 1. The fourth-order valence-corrected chi connectivity index (χ4v) is 9.69. The Hall–Kier alpha value is -3.91. The van der Waals surface area contributed by atoms with Crippen LogP contribution in [0.3, 0.4) is 0 Å². The standard InChI is InChI=1S/C39H52ClN5O8S/c1-6-8-16-38(17-18-38)54(50,51)44-35(48)39(22-24(39)7-2)43-33(46)30-21-27(52-31-15-19-41-29-20-25(40)13-14-28(29)31)23-45(30)34(47)32(37(3,4)5)42-36(49)53-26-11-9-10-12-26/h7,13-15,19-20,24,26-27,30,32H,2,6,8-12,16-18,21-23H2,1,3-5H3,(H,42,49)(H,43,46)(H,44,48)/t24-,27-,30+,32-,39-/m1/s1. The molecule has 2 aromatic rings. The van der Waals surface area contributed by atoms with E-state index < -0.39 is 73.6 Å². The van der Waals surface area contributed by atoms with E-state index in [9.17, 15) is 27.6 Å². The first-order valence-electron chi connectivity index (χ1n) is 19.0. The molecule has 15 heteroatoms. The number of amides is 4. The molecule has 0 spiro atoms. The Kier molecular flexibility index (Phi) is 11.3. The van der Waals surface area contributed by atoms with Gasteiger partial charge in [-0.2, -0.15) is 0 Å². The van der Waals surface area contributed by atoms with E-state index in [4.69, 9.17) is 21.1 Å². The van der Waals surface area contributed by atoms with Crippen molar-refractivity contribution in [3.05, 3.63) is 48.1 Å². The van der Waals surface area contributed by atoms with Gasteiger partial charge in [0.05, 0.1) is 16.8 Å². The van der Waals surface area contributed by atoms with Gasteiger partial charge in [-0.1, -0.05) is 58.2 Å². The molecule has 3 aliphatic carbocycles. The zero-order chi connectivity index (χ0) is 39.1. The van der Waals surface area contributed by atoms with E-state index in [0.29, 0.717) is 47.4 Å². The third-order valence-electron chi connectivity index (χ3n) is 11.4. The molecule has 1 aliphatic heterocycles. The Morgan fingerprint density at radius 3 is 2.48 bits per heavy atom. The van der Waals surface area contributed by atoms with Gasteiger partial charge in [-0.3, -0.25) is 24.1 Å². The van der Waals surface area contributed by atoms with E-state index in [1.54, 1.807) is 30.5 Å². The minimum absolute atomic E-state index is 0.0152. The number of fused-ring (bicyclic) bond motifs is 1. The number of unbranched alkanes of at least 4 members (excludes halogenated alkanes) is 1. The lowest BCUT2D eigenvalue weighted by Crippen LogP contribution is -2.60. The van der Waals surface area contributed by atoms with Crippen LogP contribution in [0.25, 0.3) is 10.9 Å². The summed E-state index contributed by atoms with van der Waals surface area (Å²) < 4.78 is 40.4. The maximum Gasteiger partial charge on any atom is 0.408 e. The van der Waals surface area contributed by atoms with Crippen LogP contribution in [0.15, 0.2) is 43.1 Å². The highest BCUT2D eigenvalue weighted by atomic mass is 35.5. The molecule has 3 saturated carbocycles. The fraction of sp³-hybridized carbons (Fsp3) is 0.615. The first kappa shape index (κ1) is 39.8. The zero-order valence-electron chi connectivity index (χ0n) is 31.5. The molecule has 3 N–H and O–H groups in total. The van der Waals surface area contributed by atoms with Gasteiger partial charge in [-0.05, 0) is 81.0 Å². The maximum atomic E-state index is 14.6. The number of aromatic nitrogens is 1. The number of ether oxygens (including phenoxy) is 2. The molecule has 0 unspecified atom stereocenters. The molecule has 4 aliphatic rings. The fourth-order valence-electron chi connectivity index (χ4n) is 7.83. The van der Waals surface area contributed by atoms with Crippen molar-refractivity contribution in [3.8, 4) is 5.75 Å².